The number of aliphatic imine (C=N–C) groups is 1. The second-order valence-electron chi connectivity index (χ2n) is 6.94. The molecule has 1 aliphatic rings. The van der Waals surface area contributed by atoms with Crippen LogP contribution in [-0.2, 0) is 10.0 Å². The van der Waals surface area contributed by atoms with Gasteiger partial charge in [0.1, 0.15) is 16.7 Å². The first kappa shape index (κ1) is 22.0. The van der Waals surface area contributed by atoms with Gasteiger partial charge in [0.25, 0.3) is 0 Å². The lowest BCUT2D eigenvalue weighted by molar-refractivity contribution is 0.129. The summed E-state index contributed by atoms with van der Waals surface area (Å²) >= 11 is 0. The van der Waals surface area contributed by atoms with E-state index in [9.17, 15) is 8.42 Å². The highest BCUT2D eigenvalue weighted by Gasteiger charge is 2.22. The van der Waals surface area contributed by atoms with E-state index in [1.807, 2.05) is 37.3 Å². The number of benzene rings is 1. The number of guanidine groups is 1. The maximum Gasteiger partial charge on any atom is 0.242 e. The van der Waals surface area contributed by atoms with Gasteiger partial charge in [0.05, 0.1) is 6.54 Å². The molecule has 1 fully saturated rings. The number of aromatic nitrogens is 1. The summed E-state index contributed by atoms with van der Waals surface area (Å²) in [7, 11) is -3.56. The molecule has 8 nitrogen and oxygen atoms in total. The van der Waals surface area contributed by atoms with Crippen LogP contribution in [0.5, 0.6) is 5.75 Å². The highest BCUT2D eigenvalue weighted by molar-refractivity contribution is 7.89. The number of para-hydroxylation sites is 1. The summed E-state index contributed by atoms with van der Waals surface area (Å²) in [6.45, 7) is 5.02. The van der Waals surface area contributed by atoms with Crippen molar-refractivity contribution in [3.63, 3.8) is 0 Å². The molecule has 1 saturated heterocycles. The van der Waals surface area contributed by atoms with Crippen LogP contribution >= 0.6 is 0 Å². The van der Waals surface area contributed by atoms with E-state index in [1.165, 1.54) is 12.3 Å². The Labute approximate surface area is 178 Å². The van der Waals surface area contributed by atoms with Gasteiger partial charge in [-0.15, -0.1) is 0 Å². The number of likely N-dealkylation sites (tertiary alicyclic amines) is 1. The Kier molecular flexibility index (Phi) is 8.04. The average Bonchev–Trinajstić information content (AvgIpc) is 2.78. The van der Waals surface area contributed by atoms with Crippen LogP contribution in [0.25, 0.3) is 0 Å². The van der Waals surface area contributed by atoms with Crippen LogP contribution < -0.4 is 14.8 Å². The van der Waals surface area contributed by atoms with Gasteiger partial charge in [-0.05, 0) is 31.2 Å². The van der Waals surface area contributed by atoms with E-state index in [4.69, 9.17) is 4.74 Å². The minimum absolute atomic E-state index is 0.154. The van der Waals surface area contributed by atoms with Crippen LogP contribution in [-0.4, -0.2) is 63.1 Å². The van der Waals surface area contributed by atoms with Crippen molar-refractivity contribution in [2.75, 3.05) is 32.7 Å². The van der Waals surface area contributed by atoms with Crippen molar-refractivity contribution < 1.29 is 13.2 Å². The number of hydrogen-bond donors (Lipinski definition) is 2. The maximum absolute atomic E-state index is 12.3. The van der Waals surface area contributed by atoms with Crippen molar-refractivity contribution in [1.29, 1.82) is 0 Å². The number of hydrogen-bond acceptors (Lipinski definition) is 5. The van der Waals surface area contributed by atoms with Gasteiger partial charge in [-0.3, -0.25) is 9.98 Å². The number of ether oxygens (including phenoxy) is 1. The first-order valence-corrected chi connectivity index (χ1v) is 11.7. The fraction of sp³-hybridized carbons (Fsp3) is 0.429. The lowest BCUT2D eigenvalue weighted by Crippen LogP contribution is -2.47. The highest BCUT2D eigenvalue weighted by atomic mass is 32.2. The topological polar surface area (TPSA) is 95.9 Å². The summed E-state index contributed by atoms with van der Waals surface area (Å²) in [6.07, 6.45) is 4.88. The van der Waals surface area contributed by atoms with E-state index < -0.39 is 10.0 Å². The predicted molar refractivity (Wildman–Crippen MR) is 117 cm³/mol. The third kappa shape index (κ3) is 6.43. The fourth-order valence-electron chi connectivity index (χ4n) is 3.23. The number of rotatable bonds is 8. The number of piperidine rings is 1. The number of sulfonamides is 1. The lowest BCUT2D eigenvalue weighted by atomic mass is 10.1. The molecule has 2 heterocycles. The third-order valence-corrected chi connectivity index (χ3v) is 6.18. The molecule has 0 unspecified atom stereocenters. The molecular weight excluding hydrogens is 402 g/mol. The molecule has 0 radical (unpaired) electrons. The summed E-state index contributed by atoms with van der Waals surface area (Å²) in [5.41, 5.74) is 0. The normalized spacial score (nSPS) is 15.8. The van der Waals surface area contributed by atoms with Crippen LogP contribution in [0.4, 0.5) is 0 Å². The summed E-state index contributed by atoms with van der Waals surface area (Å²) in [5, 5.41) is 3.29. The van der Waals surface area contributed by atoms with E-state index >= 15 is 0 Å². The van der Waals surface area contributed by atoms with Gasteiger partial charge >= 0.3 is 0 Å². The second-order valence-corrected chi connectivity index (χ2v) is 8.71. The Morgan fingerprint density at radius 3 is 2.63 bits per heavy atom. The van der Waals surface area contributed by atoms with Crippen LogP contribution in [0, 0.1) is 0 Å². The molecule has 2 N–H and O–H groups in total. The summed E-state index contributed by atoms with van der Waals surface area (Å²) in [5.74, 6) is 1.70. The predicted octanol–water partition coefficient (Wildman–Crippen LogP) is 1.87. The van der Waals surface area contributed by atoms with Crippen molar-refractivity contribution in [2.24, 2.45) is 4.99 Å². The van der Waals surface area contributed by atoms with Crippen molar-refractivity contribution in [3.05, 3.63) is 54.9 Å². The van der Waals surface area contributed by atoms with Crippen molar-refractivity contribution in [2.45, 2.75) is 30.8 Å². The minimum atomic E-state index is -3.56. The van der Waals surface area contributed by atoms with Crippen LogP contribution in [0.15, 0.2) is 64.7 Å². The zero-order valence-corrected chi connectivity index (χ0v) is 18.0. The zero-order valence-electron chi connectivity index (χ0n) is 17.2. The fourth-order valence-corrected chi connectivity index (χ4v) is 4.22. The molecule has 0 atom stereocenters. The SMILES string of the molecule is CCNC(=NCCNS(=O)(=O)c1cccnc1)N1CCC(Oc2ccccc2)CC1. The molecule has 2 aromatic rings. The first-order valence-electron chi connectivity index (χ1n) is 10.2. The molecule has 1 aromatic heterocycles. The Balaban J connectivity index is 1.49. The van der Waals surface area contributed by atoms with Gasteiger partial charge in [0.2, 0.25) is 10.0 Å². The molecule has 3 rings (SSSR count). The summed E-state index contributed by atoms with van der Waals surface area (Å²) < 4.78 is 33.1. The van der Waals surface area contributed by atoms with Crippen LogP contribution in [0.2, 0.25) is 0 Å². The quantitative estimate of drug-likeness (QED) is 0.376. The van der Waals surface area contributed by atoms with Crippen molar-refractivity contribution >= 4 is 16.0 Å². The number of pyridine rings is 1. The maximum atomic E-state index is 12.3. The lowest BCUT2D eigenvalue weighted by Gasteiger charge is -2.34. The Bertz CT molecular complexity index is 899. The Hall–Kier alpha value is -2.65. The molecule has 0 aliphatic carbocycles. The molecular formula is C21H29N5O3S. The number of nitrogens with zero attached hydrogens (tertiary/aromatic N) is 3. The van der Waals surface area contributed by atoms with E-state index in [-0.39, 0.29) is 17.5 Å². The largest absolute Gasteiger partial charge is 0.490 e. The van der Waals surface area contributed by atoms with E-state index in [0.717, 1.165) is 44.2 Å². The van der Waals surface area contributed by atoms with Gasteiger partial charge in [0, 0.05) is 51.4 Å². The Morgan fingerprint density at radius 2 is 1.97 bits per heavy atom. The van der Waals surface area contributed by atoms with Gasteiger partial charge < -0.3 is 15.0 Å². The Morgan fingerprint density at radius 1 is 1.20 bits per heavy atom. The van der Waals surface area contributed by atoms with Gasteiger partial charge in [0.15, 0.2) is 5.96 Å². The minimum Gasteiger partial charge on any atom is -0.490 e. The van der Waals surface area contributed by atoms with E-state index in [2.05, 4.69) is 24.9 Å². The van der Waals surface area contributed by atoms with Crippen LogP contribution in [0.1, 0.15) is 19.8 Å². The van der Waals surface area contributed by atoms with E-state index in [1.54, 1.807) is 12.3 Å². The first-order chi connectivity index (χ1) is 14.6. The summed E-state index contributed by atoms with van der Waals surface area (Å²) in [6, 6.07) is 13.0. The third-order valence-electron chi connectivity index (χ3n) is 4.73. The monoisotopic (exact) mass is 431 g/mol. The van der Waals surface area contributed by atoms with Gasteiger partial charge in [-0.25, -0.2) is 13.1 Å². The molecule has 0 amide bonds. The molecule has 1 aromatic carbocycles. The zero-order chi connectivity index (χ0) is 21.2. The molecule has 30 heavy (non-hydrogen) atoms. The second kappa shape index (κ2) is 10.9. The standard InChI is InChI=1S/C21H29N5O3S/c1-2-23-21(24-13-14-25-30(27,28)20-9-6-12-22-17-20)26-15-10-19(11-16-26)29-18-7-4-3-5-8-18/h3-9,12,17,19,25H,2,10-11,13-16H2,1H3,(H,23,24). The molecule has 162 valence electrons. The van der Waals surface area contributed by atoms with Crippen molar-refractivity contribution in [3.8, 4) is 5.75 Å². The van der Waals surface area contributed by atoms with Crippen molar-refractivity contribution in [1.82, 2.24) is 19.9 Å². The smallest absolute Gasteiger partial charge is 0.242 e. The van der Waals surface area contributed by atoms with Gasteiger partial charge in [-0.1, -0.05) is 18.2 Å². The molecule has 1 aliphatic heterocycles. The van der Waals surface area contributed by atoms with Gasteiger partial charge in [-0.2, -0.15) is 0 Å². The molecule has 0 bridgehead atoms. The molecule has 0 saturated carbocycles. The molecule has 0 spiro atoms. The average molecular weight is 432 g/mol. The number of nitrogens with one attached hydrogen (secondary N) is 2. The highest BCUT2D eigenvalue weighted by Crippen LogP contribution is 2.18. The van der Waals surface area contributed by atoms with Crippen LogP contribution in [0.3, 0.4) is 0 Å². The summed E-state index contributed by atoms with van der Waals surface area (Å²) in [4.78, 5) is 10.8. The molecule has 9 heteroatoms. The van der Waals surface area contributed by atoms with E-state index in [0.29, 0.717) is 6.54 Å².